The number of morpholine rings is 1. The number of aromatic nitrogens is 1. The maximum absolute atomic E-state index is 11.5. The van der Waals surface area contributed by atoms with Crippen molar-refractivity contribution in [1.82, 2.24) is 10.3 Å². The molecule has 22 heavy (non-hydrogen) atoms. The van der Waals surface area contributed by atoms with Gasteiger partial charge < -0.3 is 15.8 Å². The lowest BCUT2D eigenvalue weighted by molar-refractivity contribution is 0.0277. The molecule has 1 aliphatic heterocycles. The molecule has 2 aromatic rings. The van der Waals surface area contributed by atoms with E-state index in [1.807, 2.05) is 31.2 Å². The van der Waals surface area contributed by atoms with Crippen molar-refractivity contribution in [3.63, 3.8) is 0 Å². The fourth-order valence-electron chi connectivity index (χ4n) is 2.42. The molecule has 1 aromatic carbocycles. The number of carbonyl (C=O) groups excluding carboxylic acids is 1. The number of ether oxygens (including phenoxy) is 1. The van der Waals surface area contributed by atoms with Crippen molar-refractivity contribution in [3.05, 3.63) is 40.5 Å². The Hall–Kier alpha value is -1.47. The summed E-state index contributed by atoms with van der Waals surface area (Å²) in [5.41, 5.74) is 7.83. The fraction of sp³-hybridized carbons (Fsp3) is 0.333. The van der Waals surface area contributed by atoms with Crippen LogP contribution < -0.4 is 11.1 Å². The van der Waals surface area contributed by atoms with E-state index in [1.54, 1.807) is 0 Å². The van der Waals surface area contributed by atoms with Crippen molar-refractivity contribution in [2.75, 3.05) is 19.7 Å². The standard InChI is InChI=1S/C15H17N3O2S.ClH/c1-9-18-13(15(16)19)14(21-9)11-4-2-10(3-5-11)12-8-17-6-7-20-12;/h2-5,12,17H,6-8H2,1H3,(H2,16,19);1H. The normalized spacial score (nSPS) is 17.8. The molecule has 1 aromatic heterocycles. The zero-order valence-corrected chi connectivity index (χ0v) is 13.8. The summed E-state index contributed by atoms with van der Waals surface area (Å²) in [6, 6.07) is 8.05. The highest BCUT2D eigenvalue weighted by Crippen LogP contribution is 2.31. The Labute approximate surface area is 139 Å². The summed E-state index contributed by atoms with van der Waals surface area (Å²) in [5.74, 6) is -0.488. The molecular formula is C15H18ClN3O2S. The first-order chi connectivity index (χ1) is 10.1. The third-order valence-corrected chi connectivity index (χ3v) is 4.46. The fourth-order valence-corrected chi connectivity index (χ4v) is 3.35. The number of amides is 1. The molecule has 0 aliphatic carbocycles. The van der Waals surface area contributed by atoms with E-state index in [2.05, 4.69) is 10.3 Å². The molecule has 1 aliphatic rings. The minimum Gasteiger partial charge on any atom is -0.371 e. The number of hydrogen-bond acceptors (Lipinski definition) is 5. The summed E-state index contributed by atoms with van der Waals surface area (Å²) in [6.07, 6.45) is 0.0895. The quantitative estimate of drug-likeness (QED) is 0.899. The van der Waals surface area contributed by atoms with Crippen LogP contribution in [0, 0.1) is 6.92 Å². The molecule has 0 radical (unpaired) electrons. The van der Waals surface area contributed by atoms with Crippen LogP contribution in [-0.4, -0.2) is 30.6 Å². The predicted octanol–water partition coefficient (Wildman–Crippen LogP) is 2.30. The summed E-state index contributed by atoms with van der Waals surface area (Å²) in [4.78, 5) is 16.5. The van der Waals surface area contributed by atoms with Crippen LogP contribution in [0.1, 0.15) is 27.2 Å². The minimum absolute atomic E-state index is 0. The average Bonchev–Trinajstić information content (AvgIpc) is 2.91. The van der Waals surface area contributed by atoms with E-state index in [4.69, 9.17) is 10.5 Å². The lowest BCUT2D eigenvalue weighted by atomic mass is 10.0. The largest absolute Gasteiger partial charge is 0.371 e. The predicted molar refractivity (Wildman–Crippen MR) is 89.6 cm³/mol. The van der Waals surface area contributed by atoms with Crippen LogP contribution in [0.25, 0.3) is 10.4 Å². The molecule has 0 spiro atoms. The van der Waals surface area contributed by atoms with E-state index < -0.39 is 5.91 Å². The van der Waals surface area contributed by atoms with Gasteiger partial charge in [0.1, 0.15) is 5.69 Å². The summed E-state index contributed by atoms with van der Waals surface area (Å²) in [7, 11) is 0. The second kappa shape index (κ2) is 7.19. The van der Waals surface area contributed by atoms with Gasteiger partial charge in [0.2, 0.25) is 0 Å². The molecule has 1 unspecified atom stereocenters. The van der Waals surface area contributed by atoms with E-state index >= 15 is 0 Å². The van der Waals surface area contributed by atoms with E-state index in [-0.39, 0.29) is 18.5 Å². The number of carbonyl (C=O) groups is 1. The number of nitrogens with one attached hydrogen (secondary N) is 1. The zero-order valence-electron chi connectivity index (χ0n) is 12.2. The Morgan fingerprint density at radius 1 is 1.41 bits per heavy atom. The van der Waals surface area contributed by atoms with Crippen molar-refractivity contribution in [3.8, 4) is 10.4 Å². The molecule has 2 heterocycles. The van der Waals surface area contributed by atoms with Crippen molar-refractivity contribution >= 4 is 29.7 Å². The third-order valence-electron chi connectivity index (χ3n) is 3.44. The zero-order chi connectivity index (χ0) is 14.8. The molecule has 0 bridgehead atoms. The average molecular weight is 340 g/mol. The van der Waals surface area contributed by atoms with E-state index in [0.29, 0.717) is 5.69 Å². The molecule has 1 saturated heterocycles. The number of halogens is 1. The Morgan fingerprint density at radius 3 is 2.73 bits per heavy atom. The molecule has 3 rings (SSSR count). The highest BCUT2D eigenvalue weighted by atomic mass is 35.5. The van der Waals surface area contributed by atoms with Gasteiger partial charge in [0.25, 0.3) is 5.91 Å². The molecule has 3 N–H and O–H groups in total. The van der Waals surface area contributed by atoms with Gasteiger partial charge >= 0.3 is 0 Å². The molecule has 7 heteroatoms. The first-order valence-electron chi connectivity index (χ1n) is 6.85. The van der Waals surface area contributed by atoms with E-state index in [0.717, 1.165) is 40.7 Å². The highest BCUT2D eigenvalue weighted by Gasteiger charge is 2.18. The lowest BCUT2D eigenvalue weighted by Crippen LogP contribution is -2.33. The van der Waals surface area contributed by atoms with Crippen molar-refractivity contribution in [1.29, 1.82) is 0 Å². The summed E-state index contributed by atoms with van der Waals surface area (Å²) < 4.78 is 5.73. The number of aryl methyl sites for hydroxylation is 1. The number of hydrogen-bond donors (Lipinski definition) is 2. The van der Waals surface area contributed by atoms with Crippen molar-refractivity contribution < 1.29 is 9.53 Å². The molecule has 1 amide bonds. The van der Waals surface area contributed by atoms with Gasteiger partial charge in [-0.15, -0.1) is 23.7 Å². The van der Waals surface area contributed by atoms with Crippen molar-refractivity contribution in [2.45, 2.75) is 13.0 Å². The third kappa shape index (κ3) is 3.47. The van der Waals surface area contributed by atoms with Crippen LogP contribution in [0.5, 0.6) is 0 Å². The highest BCUT2D eigenvalue weighted by molar-refractivity contribution is 7.15. The Kier molecular flexibility index (Phi) is 5.52. The number of rotatable bonds is 3. The molecule has 0 saturated carbocycles. The van der Waals surface area contributed by atoms with E-state index in [9.17, 15) is 4.79 Å². The number of primary amides is 1. The Morgan fingerprint density at radius 2 is 2.14 bits per heavy atom. The maximum Gasteiger partial charge on any atom is 0.268 e. The maximum atomic E-state index is 11.5. The van der Waals surface area contributed by atoms with Gasteiger partial charge in [0, 0.05) is 13.1 Å². The van der Waals surface area contributed by atoms with Crippen LogP contribution in [0.4, 0.5) is 0 Å². The summed E-state index contributed by atoms with van der Waals surface area (Å²) >= 11 is 1.48. The van der Waals surface area contributed by atoms with E-state index in [1.165, 1.54) is 11.3 Å². The molecule has 5 nitrogen and oxygen atoms in total. The first kappa shape index (κ1) is 16.9. The van der Waals surface area contributed by atoms with Gasteiger partial charge in [-0.1, -0.05) is 24.3 Å². The van der Waals surface area contributed by atoms with Crippen LogP contribution in [0.15, 0.2) is 24.3 Å². The lowest BCUT2D eigenvalue weighted by Gasteiger charge is -2.24. The first-order valence-corrected chi connectivity index (χ1v) is 7.66. The van der Waals surface area contributed by atoms with Crippen LogP contribution >= 0.6 is 23.7 Å². The van der Waals surface area contributed by atoms with Crippen LogP contribution in [0.2, 0.25) is 0 Å². The van der Waals surface area contributed by atoms with Gasteiger partial charge in [0.05, 0.1) is 22.6 Å². The second-order valence-electron chi connectivity index (χ2n) is 4.96. The monoisotopic (exact) mass is 339 g/mol. The second-order valence-corrected chi connectivity index (χ2v) is 6.16. The van der Waals surface area contributed by atoms with Crippen LogP contribution in [0.3, 0.4) is 0 Å². The SMILES string of the molecule is Cc1nc(C(N)=O)c(-c2ccc(C3CNCCO3)cc2)s1.Cl. The Bertz CT molecular complexity index is 651. The van der Waals surface area contributed by atoms with Gasteiger partial charge in [-0.25, -0.2) is 4.98 Å². The number of nitrogens with two attached hydrogens (primary N) is 1. The van der Waals surface area contributed by atoms with Gasteiger partial charge in [-0.3, -0.25) is 4.79 Å². The molecule has 1 atom stereocenters. The van der Waals surface area contributed by atoms with Gasteiger partial charge in [0.15, 0.2) is 0 Å². The Balaban J connectivity index is 0.00000176. The molecule has 1 fully saturated rings. The van der Waals surface area contributed by atoms with Crippen LogP contribution in [-0.2, 0) is 4.74 Å². The smallest absolute Gasteiger partial charge is 0.268 e. The molecule has 118 valence electrons. The van der Waals surface area contributed by atoms with Gasteiger partial charge in [-0.2, -0.15) is 0 Å². The number of nitrogens with zero attached hydrogens (tertiary/aromatic N) is 1. The number of thiazole rings is 1. The minimum atomic E-state index is -0.488. The topological polar surface area (TPSA) is 77.2 Å². The summed E-state index contributed by atoms with van der Waals surface area (Å²) in [6.45, 7) is 4.32. The van der Waals surface area contributed by atoms with Crippen molar-refractivity contribution in [2.24, 2.45) is 5.73 Å². The number of benzene rings is 1. The molecular weight excluding hydrogens is 322 g/mol. The van der Waals surface area contributed by atoms with Gasteiger partial charge in [-0.05, 0) is 18.1 Å². The summed E-state index contributed by atoms with van der Waals surface area (Å²) in [5, 5.41) is 4.15.